The van der Waals surface area contributed by atoms with Gasteiger partial charge in [0.25, 0.3) is 11.8 Å². The third kappa shape index (κ3) is 7.04. The van der Waals surface area contributed by atoms with E-state index in [0.29, 0.717) is 21.8 Å². The van der Waals surface area contributed by atoms with Gasteiger partial charge < -0.3 is 16.0 Å². The topological polar surface area (TPSA) is 87.3 Å². The molecule has 28 heavy (non-hydrogen) atoms. The van der Waals surface area contributed by atoms with E-state index in [9.17, 15) is 14.4 Å². The molecule has 0 atom stereocenters. The highest BCUT2D eigenvalue weighted by Crippen LogP contribution is 2.12. The molecule has 3 N–H and O–H groups in total. The minimum absolute atomic E-state index is 0.131. The van der Waals surface area contributed by atoms with E-state index in [-0.39, 0.29) is 36.2 Å². The van der Waals surface area contributed by atoms with Gasteiger partial charge in [-0.3, -0.25) is 14.4 Å². The minimum atomic E-state index is -0.319. The Balaban J connectivity index is 1.79. The van der Waals surface area contributed by atoms with Crippen molar-refractivity contribution in [1.82, 2.24) is 10.6 Å². The van der Waals surface area contributed by atoms with E-state index in [2.05, 4.69) is 16.0 Å². The van der Waals surface area contributed by atoms with Gasteiger partial charge in [-0.05, 0) is 69.3 Å². The molecule has 2 rings (SSSR count). The number of halogens is 1. The Bertz CT molecular complexity index is 841. The largest absolute Gasteiger partial charge is 0.352 e. The van der Waals surface area contributed by atoms with E-state index < -0.39 is 0 Å². The van der Waals surface area contributed by atoms with Crippen molar-refractivity contribution in [1.29, 1.82) is 0 Å². The third-order valence-electron chi connectivity index (χ3n) is 3.66. The number of carbonyl (C=O) groups is 3. The van der Waals surface area contributed by atoms with Crippen LogP contribution in [0.3, 0.4) is 0 Å². The standard InChI is InChI=1S/C21H24ClN3O3/c1-21(2,3)25-20(28)15-6-10-17(11-7-15)24-18(26)12-13-23-19(27)14-4-8-16(22)9-5-14/h4-11H,12-13H2,1-3H3,(H,23,27)(H,24,26)(H,25,28). The molecule has 0 aliphatic heterocycles. The molecule has 0 aliphatic rings. The first-order chi connectivity index (χ1) is 13.1. The summed E-state index contributed by atoms with van der Waals surface area (Å²) >= 11 is 5.79. The number of benzene rings is 2. The number of nitrogens with one attached hydrogen (secondary N) is 3. The molecule has 0 heterocycles. The minimum Gasteiger partial charge on any atom is -0.352 e. The smallest absolute Gasteiger partial charge is 0.251 e. The highest BCUT2D eigenvalue weighted by Gasteiger charge is 2.15. The highest BCUT2D eigenvalue weighted by atomic mass is 35.5. The first-order valence-corrected chi connectivity index (χ1v) is 9.28. The summed E-state index contributed by atoms with van der Waals surface area (Å²) in [5.74, 6) is -0.669. The quantitative estimate of drug-likeness (QED) is 0.690. The fraction of sp³-hybridized carbons (Fsp3) is 0.286. The highest BCUT2D eigenvalue weighted by molar-refractivity contribution is 6.30. The van der Waals surface area contributed by atoms with Gasteiger partial charge in [-0.25, -0.2) is 0 Å². The van der Waals surface area contributed by atoms with Crippen LogP contribution in [0.15, 0.2) is 48.5 Å². The first-order valence-electron chi connectivity index (χ1n) is 8.90. The van der Waals surface area contributed by atoms with E-state index >= 15 is 0 Å². The fourth-order valence-electron chi connectivity index (χ4n) is 2.33. The second-order valence-electron chi connectivity index (χ2n) is 7.34. The van der Waals surface area contributed by atoms with Crippen LogP contribution >= 0.6 is 11.6 Å². The summed E-state index contributed by atoms with van der Waals surface area (Å²) in [6.45, 7) is 5.93. The summed E-state index contributed by atoms with van der Waals surface area (Å²) in [6, 6.07) is 13.1. The van der Waals surface area contributed by atoms with Crippen LogP contribution in [0.25, 0.3) is 0 Å². The molecule has 0 fully saturated rings. The van der Waals surface area contributed by atoms with Crippen molar-refractivity contribution in [3.05, 3.63) is 64.7 Å². The number of carbonyl (C=O) groups excluding carboxylic acids is 3. The van der Waals surface area contributed by atoms with Crippen LogP contribution in [0, 0.1) is 0 Å². The van der Waals surface area contributed by atoms with Gasteiger partial charge in [-0.2, -0.15) is 0 Å². The predicted octanol–water partition coefficient (Wildman–Crippen LogP) is 3.63. The molecule has 6 nitrogen and oxygen atoms in total. The van der Waals surface area contributed by atoms with Crippen LogP contribution < -0.4 is 16.0 Å². The van der Waals surface area contributed by atoms with Crippen LogP contribution in [0.1, 0.15) is 47.9 Å². The van der Waals surface area contributed by atoms with Gasteiger partial charge in [0.05, 0.1) is 0 Å². The Morgan fingerprint density at radius 3 is 1.96 bits per heavy atom. The summed E-state index contributed by atoms with van der Waals surface area (Å²) in [7, 11) is 0. The van der Waals surface area contributed by atoms with E-state index in [1.165, 1.54) is 0 Å². The van der Waals surface area contributed by atoms with Gasteiger partial charge in [-0.15, -0.1) is 0 Å². The lowest BCUT2D eigenvalue weighted by molar-refractivity contribution is -0.116. The first kappa shape index (κ1) is 21.4. The number of hydrogen-bond acceptors (Lipinski definition) is 3. The van der Waals surface area contributed by atoms with Gasteiger partial charge in [-0.1, -0.05) is 11.6 Å². The molecule has 0 saturated heterocycles. The maximum Gasteiger partial charge on any atom is 0.251 e. The molecular weight excluding hydrogens is 378 g/mol. The van der Waals surface area contributed by atoms with Gasteiger partial charge in [0.1, 0.15) is 0 Å². The van der Waals surface area contributed by atoms with Crippen molar-refractivity contribution >= 4 is 35.0 Å². The summed E-state index contributed by atoms with van der Waals surface area (Å²) in [4.78, 5) is 36.1. The molecule has 0 unspecified atom stereocenters. The molecule has 0 radical (unpaired) electrons. The monoisotopic (exact) mass is 401 g/mol. The fourth-order valence-corrected chi connectivity index (χ4v) is 2.46. The molecule has 7 heteroatoms. The third-order valence-corrected chi connectivity index (χ3v) is 3.92. The van der Waals surface area contributed by atoms with Crippen LogP contribution in [0.4, 0.5) is 5.69 Å². The maximum absolute atomic E-state index is 12.1. The summed E-state index contributed by atoms with van der Waals surface area (Å²) in [6.07, 6.45) is 0.131. The Hall–Kier alpha value is -2.86. The molecule has 2 aromatic rings. The summed E-state index contributed by atoms with van der Waals surface area (Å²) < 4.78 is 0. The summed E-state index contributed by atoms with van der Waals surface area (Å²) in [5.41, 5.74) is 1.26. The lowest BCUT2D eigenvalue weighted by atomic mass is 10.1. The Morgan fingerprint density at radius 1 is 0.857 bits per heavy atom. The molecule has 0 aromatic heterocycles. The Kier molecular flexibility index (Phi) is 7.18. The SMILES string of the molecule is CC(C)(C)NC(=O)c1ccc(NC(=O)CCNC(=O)c2ccc(Cl)cc2)cc1. The van der Waals surface area contributed by atoms with Crippen LogP contribution in [-0.4, -0.2) is 29.8 Å². The molecule has 0 saturated carbocycles. The molecule has 0 aliphatic carbocycles. The van der Waals surface area contributed by atoms with Gasteiger partial charge in [0.2, 0.25) is 5.91 Å². The van der Waals surface area contributed by atoms with Crippen LogP contribution in [0.5, 0.6) is 0 Å². The zero-order valence-corrected chi connectivity index (χ0v) is 16.9. The van der Waals surface area contributed by atoms with Crippen molar-refractivity contribution in [3.8, 4) is 0 Å². The molecule has 3 amide bonds. The lowest BCUT2D eigenvalue weighted by Gasteiger charge is -2.20. The van der Waals surface area contributed by atoms with Crippen molar-refractivity contribution in [3.63, 3.8) is 0 Å². The van der Waals surface area contributed by atoms with Crippen LogP contribution in [0.2, 0.25) is 5.02 Å². The maximum atomic E-state index is 12.1. The molecule has 2 aromatic carbocycles. The van der Waals surface area contributed by atoms with Gasteiger partial charge >= 0.3 is 0 Å². The van der Waals surface area contributed by atoms with E-state index in [4.69, 9.17) is 11.6 Å². The second kappa shape index (κ2) is 9.37. The molecule has 0 bridgehead atoms. The van der Waals surface area contributed by atoms with Crippen LogP contribution in [-0.2, 0) is 4.79 Å². The van der Waals surface area contributed by atoms with E-state index in [1.807, 2.05) is 20.8 Å². The predicted molar refractivity (Wildman–Crippen MR) is 111 cm³/mol. The number of rotatable bonds is 6. The van der Waals surface area contributed by atoms with Crippen molar-refractivity contribution in [2.24, 2.45) is 0 Å². The second-order valence-corrected chi connectivity index (χ2v) is 7.78. The van der Waals surface area contributed by atoms with Crippen molar-refractivity contribution < 1.29 is 14.4 Å². The molecular formula is C21H24ClN3O3. The molecule has 148 valence electrons. The normalized spacial score (nSPS) is 10.9. The van der Waals surface area contributed by atoms with Gasteiger partial charge in [0.15, 0.2) is 0 Å². The van der Waals surface area contributed by atoms with E-state index in [0.717, 1.165) is 0 Å². The number of amides is 3. The van der Waals surface area contributed by atoms with Crippen molar-refractivity contribution in [2.45, 2.75) is 32.7 Å². The summed E-state index contributed by atoms with van der Waals surface area (Å²) in [5, 5.41) is 8.85. The molecule has 0 spiro atoms. The Morgan fingerprint density at radius 2 is 1.39 bits per heavy atom. The van der Waals surface area contributed by atoms with E-state index in [1.54, 1.807) is 48.5 Å². The zero-order chi connectivity index (χ0) is 20.7. The van der Waals surface area contributed by atoms with Gasteiger partial charge in [0, 0.05) is 40.3 Å². The number of hydrogen-bond donors (Lipinski definition) is 3. The average Bonchev–Trinajstić information content (AvgIpc) is 2.61. The van der Waals surface area contributed by atoms with Crippen molar-refractivity contribution in [2.75, 3.05) is 11.9 Å². The number of anilines is 1. The average molecular weight is 402 g/mol. The lowest BCUT2D eigenvalue weighted by Crippen LogP contribution is -2.40. The zero-order valence-electron chi connectivity index (χ0n) is 16.1. The Labute approximate surface area is 169 Å².